The normalized spacial score (nSPS) is 10.4. The molecule has 0 bridgehead atoms. The first kappa shape index (κ1) is 13.3. The van der Waals surface area contributed by atoms with Crippen LogP contribution in [0, 0.1) is 6.92 Å². The van der Waals surface area contributed by atoms with E-state index in [9.17, 15) is 4.79 Å². The average molecular weight is 325 g/mol. The van der Waals surface area contributed by atoms with Crippen molar-refractivity contribution in [3.63, 3.8) is 0 Å². The lowest BCUT2D eigenvalue weighted by Gasteiger charge is -2.08. The highest BCUT2D eigenvalue weighted by Crippen LogP contribution is 2.28. The fraction of sp³-hybridized carbons (Fsp3) is 0.154. The number of benzene rings is 1. The maximum Gasteiger partial charge on any atom is 0.265 e. The largest absolute Gasteiger partial charge is 0.326 e. The molecule has 0 aliphatic carbocycles. The molecule has 3 nitrogen and oxygen atoms in total. The summed E-state index contributed by atoms with van der Waals surface area (Å²) in [5.74, 6) is -0.102. The van der Waals surface area contributed by atoms with E-state index in [2.05, 4.69) is 21.2 Å². The van der Waals surface area contributed by atoms with Crippen LogP contribution < -0.4 is 11.1 Å². The van der Waals surface area contributed by atoms with Crippen LogP contribution in [0.3, 0.4) is 0 Å². The molecule has 94 valence electrons. The Labute approximate surface area is 118 Å². The maximum atomic E-state index is 12.1. The number of halogens is 1. The first-order chi connectivity index (χ1) is 8.61. The first-order valence-corrected chi connectivity index (χ1v) is 7.08. The number of amides is 1. The third-order valence-electron chi connectivity index (χ3n) is 2.57. The van der Waals surface area contributed by atoms with Crippen LogP contribution >= 0.6 is 27.3 Å². The van der Waals surface area contributed by atoms with E-state index >= 15 is 0 Å². The van der Waals surface area contributed by atoms with E-state index in [1.165, 1.54) is 11.3 Å². The van der Waals surface area contributed by atoms with Crippen LogP contribution in [0.1, 0.15) is 20.8 Å². The van der Waals surface area contributed by atoms with Crippen molar-refractivity contribution >= 4 is 38.9 Å². The van der Waals surface area contributed by atoms with Crippen LogP contribution in [0.4, 0.5) is 5.69 Å². The predicted molar refractivity (Wildman–Crippen MR) is 79.0 cm³/mol. The fourth-order valence-electron chi connectivity index (χ4n) is 1.58. The number of nitrogens with one attached hydrogen (secondary N) is 1. The lowest BCUT2D eigenvalue weighted by molar-refractivity contribution is 0.103. The topological polar surface area (TPSA) is 55.1 Å². The van der Waals surface area contributed by atoms with Gasteiger partial charge in [0.1, 0.15) is 0 Å². The molecule has 5 heteroatoms. The van der Waals surface area contributed by atoms with E-state index in [4.69, 9.17) is 5.73 Å². The zero-order valence-electron chi connectivity index (χ0n) is 9.87. The zero-order valence-corrected chi connectivity index (χ0v) is 12.3. The summed E-state index contributed by atoms with van der Waals surface area (Å²) in [5, 5.41) is 2.89. The van der Waals surface area contributed by atoms with Crippen molar-refractivity contribution in [2.75, 3.05) is 5.32 Å². The van der Waals surface area contributed by atoms with Gasteiger partial charge in [0.25, 0.3) is 5.91 Å². The third-order valence-corrected chi connectivity index (χ3v) is 4.70. The summed E-state index contributed by atoms with van der Waals surface area (Å²) in [4.78, 5) is 12.8. The zero-order chi connectivity index (χ0) is 13.1. The van der Waals surface area contributed by atoms with Crippen LogP contribution in [-0.2, 0) is 6.54 Å². The van der Waals surface area contributed by atoms with Gasteiger partial charge in [0.15, 0.2) is 0 Å². The molecule has 1 aromatic carbocycles. The van der Waals surface area contributed by atoms with Crippen LogP contribution in [0.15, 0.2) is 34.1 Å². The second-order valence-electron chi connectivity index (χ2n) is 3.88. The van der Waals surface area contributed by atoms with Gasteiger partial charge in [-0.05, 0) is 46.1 Å². The number of carbonyl (C=O) groups excluding carboxylic acids is 1. The number of carbonyl (C=O) groups is 1. The van der Waals surface area contributed by atoms with E-state index in [0.717, 1.165) is 20.6 Å². The van der Waals surface area contributed by atoms with Crippen molar-refractivity contribution < 1.29 is 4.79 Å². The Balaban J connectivity index is 2.21. The number of aryl methyl sites for hydroxylation is 1. The van der Waals surface area contributed by atoms with E-state index in [-0.39, 0.29) is 5.91 Å². The van der Waals surface area contributed by atoms with E-state index in [1.54, 1.807) is 0 Å². The Bertz CT molecular complexity index is 561. The second kappa shape index (κ2) is 5.65. The highest BCUT2D eigenvalue weighted by molar-refractivity contribution is 9.11. The molecule has 1 amide bonds. The molecule has 0 radical (unpaired) electrons. The molecule has 0 atom stereocenters. The molecule has 0 unspecified atom stereocenters. The van der Waals surface area contributed by atoms with Gasteiger partial charge in [-0.15, -0.1) is 11.3 Å². The highest BCUT2D eigenvalue weighted by atomic mass is 79.9. The highest BCUT2D eigenvalue weighted by Gasteiger charge is 2.12. The third kappa shape index (κ3) is 2.80. The van der Waals surface area contributed by atoms with Crippen molar-refractivity contribution in [1.82, 2.24) is 0 Å². The SMILES string of the molecule is Cc1cc(C(=O)Nc2ccccc2CN)sc1Br. The van der Waals surface area contributed by atoms with Crippen LogP contribution in [0.5, 0.6) is 0 Å². The van der Waals surface area contributed by atoms with E-state index in [1.807, 2.05) is 37.3 Å². The molecule has 1 aromatic heterocycles. The Hall–Kier alpha value is -1.17. The number of hydrogen-bond acceptors (Lipinski definition) is 3. The number of hydrogen-bond donors (Lipinski definition) is 2. The molecule has 0 aliphatic heterocycles. The van der Waals surface area contributed by atoms with E-state index < -0.39 is 0 Å². The van der Waals surface area contributed by atoms with Gasteiger partial charge in [-0.25, -0.2) is 0 Å². The van der Waals surface area contributed by atoms with Gasteiger partial charge < -0.3 is 11.1 Å². The molecule has 0 saturated heterocycles. The molecule has 0 aliphatic rings. The first-order valence-electron chi connectivity index (χ1n) is 5.47. The molecule has 1 heterocycles. The molecule has 18 heavy (non-hydrogen) atoms. The van der Waals surface area contributed by atoms with Gasteiger partial charge in [-0.3, -0.25) is 4.79 Å². The Morgan fingerprint density at radius 2 is 2.17 bits per heavy atom. The summed E-state index contributed by atoms with van der Waals surface area (Å²) < 4.78 is 0.986. The quantitative estimate of drug-likeness (QED) is 0.907. The monoisotopic (exact) mass is 324 g/mol. The van der Waals surface area contributed by atoms with Crippen molar-refractivity contribution in [3.8, 4) is 0 Å². The van der Waals surface area contributed by atoms with Crippen LogP contribution in [0.25, 0.3) is 0 Å². The summed E-state index contributed by atoms with van der Waals surface area (Å²) in [7, 11) is 0. The Morgan fingerprint density at radius 1 is 1.44 bits per heavy atom. The smallest absolute Gasteiger partial charge is 0.265 e. The van der Waals surface area contributed by atoms with Gasteiger partial charge in [-0.1, -0.05) is 18.2 Å². The van der Waals surface area contributed by atoms with Crippen LogP contribution in [0.2, 0.25) is 0 Å². The summed E-state index contributed by atoms with van der Waals surface area (Å²) in [6, 6.07) is 9.42. The molecule has 3 N–H and O–H groups in total. The molecular weight excluding hydrogens is 312 g/mol. The number of anilines is 1. The van der Waals surface area contributed by atoms with Crippen molar-refractivity contribution in [1.29, 1.82) is 0 Å². The van der Waals surface area contributed by atoms with E-state index in [0.29, 0.717) is 11.4 Å². The second-order valence-corrected chi connectivity index (χ2v) is 6.25. The number of rotatable bonds is 3. The lowest BCUT2D eigenvalue weighted by atomic mass is 10.2. The van der Waals surface area contributed by atoms with Crippen molar-refractivity contribution in [2.24, 2.45) is 5.73 Å². The molecule has 0 fully saturated rings. The molecule has 2 aromatic rings. The molecule has 2 rings (SSSR count). The Morgan fingerprint density at radius 3 is 2.78 bits per heavy atom. The maximum absolute atomic E-state index is 12.1. The summed E-state index contributed by atoms with van der Waals surface area (Å²) in [5.41, 5.74) is 8.40. The van der Waals surface area contributed by atoms with Gasteiger partial charge in [0.05, 0.1) is 8.66 Å². The summed E-state index contributed by atoms with van der Waals surface area (Å²) in [6.45, 7) is 2.37. The minimum Gasteiger partial charge on any atom is -0.326 e. The summed E-state index contributed by atoms with van der Waals surface area (Å²) >= 11 is 4.84. The minimum atomic E-state index is -0.102. The lowest BCUT2D eigenvalue weighted by Crippen LogP contribution is -2.12. The number of nitrogens with two attached hydrogens (primary N) is 1. The average Bonchev–Trinajstić information content (AvgIpc) is 2.70. The molecular formula is C13H13BrN2OS. The van der Waals surface area contributed by atoms with Gasteiger partial charge in [0.2, 0.25) is 0 Å². The van der Waals surface area contributed by atoms with Gasteiger partial charge in [-0.2, -0.15) is 0 Å². The predicted octanol–water partition coefficient (Wildman–Crippen LogP) is 3.53. The standard InChI is InChI=1S/C13H13BrN2OS/c1-8-6-11(18-12(8)14)13(17)16-10-5-3-2-4-9(10)7-15/h2-6H,7,15H2,1H3,(H,16,17). The number of thiophene rings is 1. The minimum absolute atomic E-state index is 0.102. The van der Waals surface area contributed by atoms with Crippen molar-refractivity contribution in [3.05, 3.63) is 50.1 Å². The Kier molecular flexibility index (Phi) is 4.16. The molecule has 0 spiro atoms. The van der Waals surface area contributed by atoms with Gasteiger partial charge in [0, 0.05) is 12.2 Å². The van der Waals surface area contributed by atoms with Gasteiger partial charge >= 0.3 is 0 Å². The van der Waals surface area contributed by atoms with Crippen LogP contribution in [-0.4, -0.2) is 5.91 Å². The summed E-state index contributed by atoms with van der Waals surface area (Å²) in [6.07, 6.45) is 0. The fourth-order valence-corrected chi connectivity index (χ4v) is 3.01. The molecule has 0 saturated carbocycles. The number of para-hydroxylation sites is 1. The van der Waals surface area contributed by atoms with Crippen molar-refractivity contribution in [2.45, 2.75) is 13.5 Å².